The second kappa shape index (κ2) is 9.30. The van der Waals surface area contributed by atoms with Crippen molar-refractivity contribution >= 4 is 5.69 Å². The molecule has 0 bridgehead atoms. The van der Waals surface area contributed by atoms with E-state index in [1.54, 1.807) is 0 Å². The van der Waals surface area contributed by atoms with Crippen LogP contribution < -0.4 is 4.90 Å². The summed E-state index contributed by atoms with van der Waals surface area (Å²) in [5, 5.41) is 0. The highest BCUT2D eigenvalue weighted by Crippen LogP contribution is 2.18. The maximum Gasteiger partial charge on any atom is 0.0429 e. The van der Waals surface area contributed by atoms with Gasteiger partial charge in [-0.3, -0.25) is 0 Å². The first-order chi connectivity index (χ1) is 10.8. The molecule has 0 aliphatic heterocycles. The highest BCUT2D eigenvalue weighted by atomic mass is 15.1. The molecule has 0 spiro atoms. The summed E-state index contributed by atoms with van der Waals surface area (Å²) in [4.78, 5) is 2.50. The summed E-state index contributed by atoms with van der Waals surface area (Å²) >= 11 is 0. The largest absolute Gasteiger partial charge is 0.367 e. The number of anilines is 1. The predicted molar refractivity (Wildman–Crippen MR) is 97.2 cm³/mol. The Hall–Kier alpha value is -1.76. The van der Waals surface area contributed by atoms with Crippen LogP contribution in [-0.4, -0.2) is 6.54 Å². The Morgan fingerprint density at radius 1 is 0.773 bits per heavy atom. The van der Waals surface area contributed by atoms with E-state index in [-0.39, 0.29) is 0 Å². The summed E-state index contributed by atoms with van der Waals surface area (Å²) < 4.78 is 0. The van der Waals surface area contributed by atoms with E-state index in [1.165, 1.54) is 36.9 Å². The Morgan fingerprint density at radius 3 is 2.05 bits per heavy atom. The smallest absolute Gasteiger partial charge is 0.0429 e. The molecule has 0 unspecified atom stereocenters. The lowest BCUT2D eigenvalue weighted by molar-refractivity contribution is 0.525. The average Bonchev–Trinajstić information content (AvgIpc) is 2.55. The lowest BCUT2D eigenvalue weighted by Crippen LogP contribution is -2.23. The summed E-state index contributed by atoms with van der Waals surface area (Å²) in [6.07, 6.45) is 5.31. The van der Waals surface area contributed by atoms with Gasteiger partial charge in [-0.2, -0.15) is 0 Å². The molecule has 0 aromatic heterocycles. The van der Waals surface area contributed by atoms with Crippen LogP contribution >= 0.6 is 0 Å². The fraction of sp³-hybridized carbons (Fsp3) is 0.429. The van der Waals surface area contributed by atoms with Crippen LogP contribution in [0.4, 0.5) is 5.69 Å². The highest BCUT2D eigenvalue weighted by molar-refractivity contribution is 5.46. The fourth-order valence-electron chi connectivity index (χ4n) is 2.77. The molecule has 1 nitrogen and oxygen atoms in total. The number of rotatable bonds is 9. The Balaban J connectivity index is 1.91. The Labute approximate surface area is 136 Å². The van der Waals surface area contributed by atoms with Crippen molar-refractivity contribution in [1.82, 2.24) is 0 Å². The number of nitrogens with zero attached hydrogens (tertiary/aromatic N) is 1. The predicted octanol–water partition coefficient (Wildman–Crippen LogP) is 5.91. The van der Waals surface area contributed by atoms with Gasteiger partial charge in [0.2, 0.25) is 0 Å². The molecular weight excluding hydrogens is 266 g/mol. The van der Waals surface area contributed by atoms with Gasteiger partial charge in [-0.15, -0.1) is 0 Å². The van der Waals surface area contributed by atoms with E-state index in [2.05, 4.69) is 79.4 Å². The molecule has 0 N–H and O–H groups in total. The molecule has 22 heavy (non-hydrogen) atoms. The molecule has 0 atom stereocenters. The van der Waals surface area contributed by atoms with E-state index in [0.717, 1.165) is 19.0 Å². The van der Waals surface area contributed by atoms with Gasteiger partial charge in [0.25, 0.3) is 0 Å². The van der Waals surface area contributed by atoms with Gasteiger partial charge < -0.3 is 4.90 Å². The van der Waals surface area contributed by atoms with Crippen LogP contribution in [0.3, 0.4) is 0 Å². The summed E-state index contributed by atoms with van der Waals surface area (Å²) in [5.74, 6) is 0.828. The first-order valence-corrected chi connectivity index (χ1v) is 8.59. The van der Waals surface area contributed by atoms with Gasteiger partial charge >= 0.3 is 0 Å². The zero-order chi connectivity index (χ0) is 15.6. The zero-order valence-electron chi connectivity index (χ0n) is 14.0. The van der Waals surface area contributed by atoms with Gasteiger partial charge in [0.05, 0.1) is 0 Å². The lowest BCUT2D eigenvalue weighted by Gasteiger charge is -2.25. The van der Waals surface area contributed by atoms with Crippen LogP contribution in [0.2, 0.25) is 0 Å². The minimum Gasteiger partial charge on any atom is -0.367 e. The third-order valence-corrected chi connectivity index (χ3v) is 4.05. The number of benzene rings is 2. The Bertz CT molecular complexity index is 504. The van der Waals surface area contributed by atoms with E-state index in [0.29, 0.717) is 0 Å². The van der Waals surface area contributed by atoms with Crippen molar-refractivity contribution in [2.45, 2.75) is 46.1 Å². The van der Waals surface area contributed by atoms with Crippen molar-refractivity contribution < 1.29 is 0 Å². The third-order valence-electron chi connectivity index (χ3n) is 4.05. The van der Waals surface area contributed by atoms with Crippen molar-refractivity contribution in [3.05, 3.63) is 66.2 Å². The standard InChI is InChI=1S/C21H29N/c1-19(2)12-6-5-11-17-22(21-15-9-4-10-16-21)18-20-13-7-3-8-14-20/h3-4,7-10,13-16,19H,5-6,11-12,17-18H2,1-2H3. The second-order valence-electron chi connectivity index (χ2n) is 6.49. The number of hydrogen-bond acceptors (Lipinski definition) is 1. The van der Waals surface area contributed by atoms with Crippen molar-refractivity contribution in [3.63, 3.8) is 0 Å². The minimum atomic E-state index is 0.828. The molecule has 1 heteroatoms. The molecular formula is C21H29N. The first-order valence-electron chi connectivity index (χ1n) is 8.59. The molecule has 0 fully saturated rings. The van der Waals surface area contributed by atoms with Gasteiger partial charge in [0, 0.05) is 18.8 Å². The minimum absolute atomic E-state index is 0.828. The topological polar surface area (TPSA) is 3.24 Å². The Kier molecular flexibility index (Phi) is 7.02. The molecule has 2 aromatic carbocycles. The van der Waals surface area contributed by atoms with E-state index in [1.807, 2.05) is 0 Å². The number of unbranched alkanes of at least 4 members (excludes halogenated alkanes) is 2. The third kappa shape index (κ3) is 5.93. The van der Waals surface area contributed by atoms with Crippen molar-refractivity contribution in [3.8, 4) is 0 Å². The van der Waals surface area contributed by atoms with Crippen LogP contribution in [0, 0.1) is 5.92 Å². The van der Waals surface area contributed by atoms with Gasteiger partial charge in [-0.25, -0.2) is 0 Å². The van der Waals surface area contributed by atoms with Crippen LogP contribution in [0.25, 0.3) is 0 Å². The summed E-state index contributed by atoms with van der Waals surface area (Å²) in [6, 6.07) is 21.6. The molecule has 2 rings (SSSR count). The van der Waals surface area contributed by atoms with Crippen LogP contribution in [0.15, 0.2) is 60.7 Å². The van der Waals surface area contributed by atoms with E-state index < -0.39 is 0 Å². The van der Waals surface area contributed by atoms with Gasteiger partial charge in [0.1, 0.15) is 0 Å². The maximum absolute atomic E-state index is 2.50. The van der Waals surface area contributed by atoms with Crippen molar-refractivity contribution in [2.24, 2.45) is 5.92 Å². The van der Waals surface area contributed by atoms with E-state index in [9.17, 15) is 0 Å². The normalized spacial score (nSPS) is 10.9. The van der Waals surface area contributed by atoms with Crippen molar-refractivity contribution in [1.29, 1.82) is 0 Å². The van der Waals surface area contributed by atoms with E-state index in [4.69, 9.17) is 0 Å². The molecule has 0 saturated carbocycles. The second-order valence-corrected chi connectivity index (χ2v) is 6.49. The number of hydrogen-bond donors (Lipinski definition) is 0. The van der Waals surface area contributed by atoms with Crippen molar-refractivity contribution in [2.75, 3.05) is 11.4 Å². The lowest BCUT2D eigenvalue weighted by atomic mass is 10.1. The van der Waals surface area contributed by atoms with Gasteiger partial charge in [-0.05, 0) is 30.0 Å². The molecule has 0 amide bonds. The van der Waals surface area contributed by atoms with Crippen LogP contribution in [-0.2, 0) is 6.54 Å². The average molecular weight is 295 g/mol. The molecule has 0 heterocycles. The van der Waals surface area contributed by atoms with Crippen LogP contribution in [0.5, 0.6) is 0 Å². The van der Waals surface area contributed by atoms with E-state index >= 15 is 0 Å². The molecule has 2 aromatic rings. The first kappa shape index (κ1) is 16.6. The fourth-order valence-corrected chi connectivity index (χ4v) is 2.77. The Morgan fingerprint density at radius 2 is 1.41 bits per heavy atom. The maximum atomic E-state index is 2.50. The SMILES string of the molecule is CC(C)CCCCCN(Cc1ccccc1)c1ccccc1. The molecule has 0 aliphatic carbocycles. The summed E-state index contributed by atoms with van der Waals surface area (Å²) in [7, 11) is 0. The summed E-state index contributed by atoms with van der Waals surface area (Å²) in [6.45, 7) is 6.75. The molecule has 0 saturated heterocycles. The molecule has 0 radical (unpaired) electrons. The monoisotopic (exact) mass is 295 g/mol. The zero-order valence-corrected chi connectivity index (χ0v) is 14.0. The molecule has 0 aliphatic rings. The summed E-state index contributed by atoms with van der Waals surface area (Å²) in [5.41, 5.74) is 2.71. The quantitative estimate of drug-likeness (QED) is 0.520. The van der Waals surface area contributed by atoms with Crippen LogP contribution in [0.1, 0.15) is 45.1 Å². The highest BCUT2D eigenvalue weighted by Gasteiger charge is 2.07. The number of para-hydroxylation sites is 1. The van der Waals surface area contributed by atoms with Gasteiger partial charge in [0.15, 0.2) is 0 Å². The molecule has 118 valence electrons. The van der Waals surface area contributed by atoms with Gasteiger partial charge in [-0.1, -0.05) is 81.6 Å².